The van der Waals surface area contributed by atoms with Crippen molar-refractivity contribution in [2.75, 3.05) is 19.6 Å². The number of aliphatic carboxylic acids is 1. The summed E-state index contributed by atoms with van der Waals surface area (Å²) in [4.78, 5) is 13.1. The summed E-state index contributed by atoms with van der Waals surface area (Å²) in [5.41, 5.74) is 0. The highest BCUT2D eigenvalue weighted by atomic mass is 16.4. The van der Waals surface area contributed by atoms with Crippen LogP contribution in [0.2, 0.25) is 0 Å². The number of carboxylic acid groups (broad SMARTS) is 1. The van der Waals surface area contributed by atoms with Crippen LogP contribution >= 0.6 is 0 Å². The molecule has 0 aromatic heterocycles. The van der Waals surface area contributed by atoms with Gasteiger partial charge in [0, 0.05) is 6.54 Å². The fraction of sp³-hybridized carbons (Fsp3) is 0.737. The van der Waals surface area contributed by atoms with E-state index in [1.165, 1.54) is 38.5 Å². The fourth-order valence-corrected chi connectivity index (χ4v) is 2.47. The average molecular weight is 309 g/mol. The maximum absolute atomic E-state index is 10.8. The third-order valence-corrected chi connectivity index (χ3v) is 3.80. The molecule has 0 aromatic rings. The largest absolute Gasteiger partial charge is 0.481 e. The van der Waals surface area contributed by atoms with Crippen molar-refractivity contribution >= 4 is 5.97 Å². The van der Waals surface area contributed by atoms with Crippen molar-refractivity contribution in [1.82, 2.24) is 4.90 Å². The van der Waals surface area contributed by atoms with Gasteiger partial charge < -0.3 is 10.0 Å². The van der Waals surface area contributed by atoms with Crippen molar-refractivity contribution < 1.29 is 9.90 Å². The van der Waals surface area contributed by atoms with Gasteiger partial charge in [0.05, 0.1) is 6.42 Å². The Morgan fingerprint density at radius 1 is 0.818 bits per heavy atom. The van der Waals surface area contributed by atoms with Crippen molar-refractivity contribution in [2.24, 2.45) is 0 Å². The second kappa shape index (κ2) is 16.3. The van der Waals surface area contributed by atoms with Gasteiger partial charge in [-0.3, -0.25) is 4.79 Å². The number of carboxylic acids is 1. The minimum atomic E-state index is -0.689. The summed E-state index contributed by atoms with van der Waals surface area (Å²) in [5.74, 6) is -0.689. The lowest BCUT2D eigenvalue weighted by Crippen LogP contribution is -2.28. The molecule has 0 saturated carbocycles. The number of hydrogen-bond acceptors (Lipinski definition) is 2. The van der Waals surface area contributed by atoms with E-state index >= 15 is 0 Å². The molecule has 0 amide bonds. The second-order valence-electron chi connectivity index (χ2n) is 5.82. The molecule has 3 heteroatoms. The Morgan fingerprint density at radius 2 is 1.32 bits per heavy atom. The van der Waals surface area contributed by atoms with Gasteiger partial charge in [-0.2, -0.15) is 0 Å². The highest BCUT2D eigenvalue weighted by molar-refractivity contribution is 5.66. The normalized spacial score (nSPS) is 12.0. The second-order valence-corrected chi connectivity index (χ2v) is 5.82. The van der Waals surface area contributed by atoms with Crippen LogP contribution in [-0.4, -0.2) is 35.6 Å². The predicted molar refractivity (Wildman–Crippen MR) is 95.3 cm³/mol. The van der Waals surface area contributed by atoms with E-state index in [4.69, 9.17) is 5.11 Å². The molecule has 0 aliphatic carbocycles. The zero-order chi connectivity index (χ0) is 16.5. The summed E-state index contributed by atoms with van der Waals surface area (Å²) in [6, 6.07) is 0. The summed E-state index contributed by atoms with van der Waals surface area (Å²) in [5, 5.41) is 8.86. The van der Waals surface area contributed by atoms with Crippen molar-refractivity contribution in [3.05, 3.63) is 24.3 Å². The van der Waals surface area contributed by atoms with Gasteiger partial charge in [-0.25, -0.2) is 0 Å². The van der Waals surface area contributed by atoms with Crippen molar-refractivity contribution in [3.8, 4) is 0 Å². The standard InChI is InChI=1S/C19H35NO2/c1-3-5-7-9-11-13-16-20(18-15-19(21)22)17-14-12-10-8-6-4-2/h3-6H,7-18H2,1-2H3,(H,21,22)/b5-3+,6-4+. The highest BCUT2D eigenvalue weighted by Gasteiger charge is 2.07. The lowest BCUT2D eigenvalue weighted by Gasteiger charge is -2.21. The molecule has 0 rings (SSSR count). The molecule has 0 radical (unpaired) electrons. The molecule has 0 atom stereocenters. The highest BCUT2D eigenvalue weighted by Crippen LogP contribution is 2.07. The maximum Gasteiger partial charge on any atom is 0.304 e. The Bertz CT molecular complexity index is 289. The van der Waals surface area contributed by atoms with Gasteiger partial charge in [0.2, 0.25) is 0 Å². The van der Waals surface area contributed by atoms with Gasteiger partial charge in [0.1, 0.15) is 0 Å². The molecule has 0 saturated heterocycles. The molecule has 3 nitrogen and oxygen atoms in total. The first-order valence-corrected chi connectivity index (χ1v) is 8.87. The first kappa shape index (κ1) is 20.9. The van der Waals surface area contributed by atoms with Crippen LogP contribution in [0, 0.1) is 0 Å². The lowest BCUT2D eigenvalue weighted by molar-refractivity contribution is -0.137. The number of hydrogen-bond donors (Lipinski definition) is 1. The van der Waals surface area contributed by atoms with Crippen LogP contribution < -0.4 is 0 Å². The van der Waals surface area contributed by atoms with Crippen molar-refractivity contribution in [3.63, 3.8) is 0 Å². The van der Waals surface area contributed by atoms with Crippen LogP contribution in [-0.2, 0) is 4.79 Å². The number of unbranched alkanes of at least 4 members (excludes halogenated alkanes) is 6. The van der Waals surface area contributed by atoms with Crippen molar-refractivity contribution in [1.29, 1.82) is 0 Å². The van der Waals surface area contributed by atoms with E-state index in [1.807, 2.05) is 0 Å². The van der Waals surface area contributed by atoms with Gasteiger partial charge >= 0.3 is 5.97 Å². The predicted octanol–water partition coefficient (Wildman–Crippen LogP) is 5.04. The van der Waals surface area contributed by atoms with Crippen LogP contribution in [0.5, 0.6) is 0 Å². The van der Waals surface area contributed by atoms with Crippen molar-refractivity contribution in [2.45, 2.75) is 71.6 Å². The molecular weight excluding hydrogens is 274 g/mol. The fourth-order valence-electron chi connectivity index (χ4n) is 2.47. The van der Waals surface area contributed by atoms with Gasteiger partial charge in [-0.15, -0.1) is 0 Å². The van der Waals surface area contributed by atoms with E-state index in [-0.39, 0.29) is 6.42 Å². The molecule has 22 heavy (non-hydrogen) atoms. The molecular formula is C19H35NO2. The van der Waals surface area contributed by atoms with Gasteiger partial charge in [0.25, 0.3) is 0 Å². The summed E-state index contributed by atoms with van der Waals surface area (Å²) in [6.45, 7) is 6.89. The number of allylic oxidation sites excluding steroid dienone is 4. The van der Waals surface area contributed by atoms with E-state index in [0.29, 0.717) is 6.54 Å². The van der Waals surface area contributed by atoms with E-state index in [2.05, 4.69) is 43.1 Å². The zero-order valence-corrected chi connectivity index (χ0v) is 14.6. The maximum atomic E-state index is 10.8. The van der Waals surface area contributed by atoms with Crippen LogP contribution in [0.3, 0.4) is 0 Å². The van der Waals surface area contributed by atoms with E-state index < -0.39 is 5.97 Å². The molecule has 0 fully saturated rings. The number of nitrogens with zero attached hydrogens (tertiary/aromatic N) is 1. The molecule has 0 unspecified atom stereocenters. The van der Waals surface area contributed by atoms with Gasteiger partial charge in [-0.05, 0) is 65.5 Å². The Morgan fingerprint density at radius 3 is 1.73 bits per heavy atom. The van der Waals surface area contributed by atoms with Crippen LogP contribution in [0.15, 0.2) is 24.3 Å². The molecule has 128 valence electrons. The smallest absolute Gasteiger partial charge is 0.304 e. The topological polar surface area (TPSA) is 40.5 Å². The Labute approximate surface area is 137 Å². The molecule has 0 aliphatic rings. The third-order valence-electron chi connectivity index (χ3n) is 3.80. The quantitative estimate of drug-likeness (QED) is 0.340. The Hall–Kier alpha value is -1.09. The summed E-state index contributed by atoms with van der Waals surface area (Å²) in [6.07, 6.45) is 18.5. The van der Waals surface area contributed by atoms with Crippen LogP contribution in [0.25, 0.3) is 0 Å². The summed E-state index contributed by atoms with van der Waals surface area (Å²) < 4.78 is 0. The van der Waals surface area contributed by atoms with Gasteiger partial charge in [0.15, 0.2) is 0 Å². The zero-order valence-electron chi connectivity index (χ0n) is 14.6. The molecule has 0 aliphatic heterocycles. The third kappa shape index (κ3) is 15.3. The van der Waals surface area contributed by atoms with Crippen LogP contribution in [0.1, 0.15) is 71.6 Å². The first-order chi connectivity index (χ1) is 10.7. The number of rotatable bonds is 15. The summed E-state index contributed by atoms with van der Waals surface area (Å²) in [7, 11) is 0. The Balaban J connectivity index is 3.80. The Kier molecular flexibility index (Phi) is 15.5. The minimum Gasteiger partial charge on any atom is -0.481 e. The SMILES string of the molecule is C/C=C/CCCCCN(CCCCC/C=C/C)CCC(=O)O. The average Bonchev–Trinajstić information content (AvgIpc) is 2.50. The minimum absolute atomic E-state index is 0.261. The monoisotopic (exact) mass is 309 g/mol. The van der Waals surface area contributed by atoms with E-state index in [0.717, 1.165) is 25.9 Å². The molecule has 0 bridgehead atoms. The molecule has 1 N–H and O–H groups in total. The van der Waals surface area contributed by atoms with E-state index in [1.54, 1.807) is 0 Å². The van der Waals surface area contributed by atoms with Crippen LogP contribution in [0.4, 0.5) is 0 Å². The molecule has 0 heterocycles. The number of carbonyl (C=O) groups is 1. The van der Waals surface area contributed by atoms with Gasteiger partial charge in [-0.1, -0.05) is 37.1 Å². The first-order valence-electron chi connectivity index (χ1n) is 8.87. The summed E-state index contributed by atoms with van der Waals surface area (Å²) >= 11 is 0. The molecule has 0 aromatic carbocycles. The molecule has 0 spiro atoms. The van der Waals surface area contributed by atoms with E-state index in [9.17, 15) is 4.79 Å². The lowest BCUT2D eigenvalue weighted by atomic mass is 10.1.